The Labute approximate surface area is 140 Å². The first-order valence-electron chi connectivity index (χ1n) is 7.59. The average Bonchev–Trinajstić information content (AvgIpc) is 3.02. The molecule has 0 bridgehead atoms. The Hall–Kier alpha value is -3.15. The Morgan fingerprint density at radius 3 is 2.38 bits per heavy atom. The van der Waals surface area contributed by atoms with Gasteiger partial charge in [0.15, 0.2) is 0 Å². The van der Waals surface area contributed by atoms with Crippen LogP contribution in [0.5, 0.6) is 0 Å². The Morgan fingerprint density at radius 2 is 1.83 bits per heavy atom. The molecular weight excluding hydrogens is 302 g/mol. The quantitative estimate of drug-likeness (QED) is 0.802. The molecule has 0 aliphatic heterocycles. The van der Waals surface area contributed by atoms with E-state index in [1.54, 1.807) is 35.3 Å². The number of carbonyl (C=O) groups excluding carboxylic acids is 1. The second kappa shape index (κ2) is 6.54. The molecule has 0 unspecified atom stereocenters. The van der Waals surface area contributed by atoms with Gasteiger partial charge in [-0.05, 0) is 48.9 Å². The van der Waals surface area contributed by atoms with Crippen molar-refractivity contribution >= 4 is 17.4 Å². The number of amides is 1. The Kier molecular flexibility index (Phi) is 4.29. The predicted octanol–water partition coefficient (Wildman–Crippen LogP) is 2.89. The number of aryl methyl sites for hydroxylation is 1. The molecule has 122 valence electrons. The minimum atomic E-state index is -0.191. The third-order valence-corrected chi connectivity index (χ3v) is 3.61. The van der Waals surface area contributed by atoms with E-state index in [0.29, 0.717) is 11.4 Å². The van der Waals surface area contributed by atoms with Gasteiger partial charge in [0.1, 0.15) is 5.82 Å². The maximum Gasteiger partial charge on any atom is 0.256 e. The molecule has 3 aromatic rings. The molecule has 0 aliphatic carbocycles. The smallest absolute Gasteiger partial charge is 0.256 e. The number of hydrogen-bond acceptors (Lipinski definition) is 4. The summed E-state index contributed by atoms with van der Waals surface area (Å²) in [4.78, 5) is 18.5. The lowest BCUT2D eigenvalue weighted by Gasteiger charge is -2.12. The molecule has 0 aliphatic rings. The molecule has 3 rings (SSSR count). The highest BCUT2D eigenvalue weighted by molar-refractivity contribution is 6.03. The highest BCUT2D eigenvalue weighted by Gasteiger charge is 2.08. The van der Waals surface area contributed by atoms with Crippen LogP contribution in [0.25, 0.3) is 5.69 Å². The normalized spacial score (nSPS) is 10.5. The van der Waals surface area contributed by atoms with Crippen LogP contribution in [0, 0.1) is 6.92 Å². The van der Waals surface area contributed by atoms with E-state index in [1.807, 2.05) is 50.3 Å². The summed E-state index contributed by atoms with van der Waals surface area (Å²) in [5.74, 6) is 0.334. The monoisotopic (exact) mass is 321 g/mol. The molecule has 0 saturated carbocycles. The maximum atomic E-state index is 12.3. The lowest BCUT2D eigenvalue weighted by Crippen LogP contribution is -2.14. The van der Waals surface area contributed by atoms with Crippen LogP contribution in [0.4, 0.5) is 11.5 Å². The molecule has 24 heavy (non-hydrogen) atoms. The first-order chi connectivity index (χ1) is 11.5. The molecule has 0 spiro atoms. The van der Waals surface area contributed by atoms with E-state index in [4.69, 9.17) is 0 Å². The summed E-state index contributed by atoms with van der Waals surface area (Å²) in [6.45, 7) is 1.99. The van der Waals surface area contributed by atoms with Crippen molar-refractivity contribution in [2.45, 2.75) is 6.92 Å². The summed E-state index contributed by atoms with van der Waals surface area (Å²) in [6.07, 6.45) is 5.45. The highest BCUT2D eigenvalue weighted by atomic mass is 16.1. The first kappa shape index (κ1) is 15.7. The SMILES string of the molecule is Cc1cnn(-c2ccc(C(=O)Nc3ccc(N(C)C)cn3)cc2)c1. The van der Waals surface area contributed by atoms with E-state index < -0.39 is 0 Å². The lowest BCUT2D eigenvalue weighted by molar-refractivity contribution is 0.102. The number of aromatic nitrogens is 3. The minimum absolute atomic E-state index is 0.191. The third-order valence-electron chi connectivity index (χ3n) is 3.61. The number of pyridine rings is 1. The van der Waals surface area contributed by atoms with Gasteiger partial charge in [-0.15, -0.1) is 0 Å². The van der Waals surface area contributed by atoms with Gasteiger partial charge >= 0.3 is 0 Å². The van der Waals surface area contributed by atoms with Crippen LogP contribution in [-0.4, -0.2) is 34.8 Å². The number of hydrogen-bond donors (Lipinski definition) is 1. The molecule has 6 nitrogen and oxygen atoms in total. The van der Waals surface area contributed by atoms with Gasteiger partial charge in [0.25, 0.3) is 5.91 Å². The maximum absolute atomic E-state index is 12.3. The van der Waals surface area contributed by atoms with Crippen molar-refractivity contribution in [2.75, 3.05) is 24.3 Å². The van der Waals surface area contributed by atoms with Crippen molar-refractivity contribution in [1.29, 1.82) is 0 Å². The fourth-order valence-corrected chi connectivity index (χ4v) is 2.23. The largest absolute Gasteiger partial charge is 0.376 e. The average molecular weight is 321 g/mol. The van der Waals surface area contributed by atoms with Crippen LogP contribution in [0.1, 0.15) is 15.9 Å². The summed E-state index contributed by atoms with van der Waals surface area (Å²) >= 11 is 0. The van der Waals surface area contributed by atoms with Crippen LogP contribution in [0.15, 0.2) is 55.0 Å². The first-order valence-corrected chi connectivity index (χ1v) is 7.59. The van der Waals surface area contributed by atoms with Gasteiger partial charge in [-0.2, -0.15) is 5.10 Å². The van der Waals surface area contributed by atoms with Gasteiger partial charge < -0.3 is 10.2 Å². The molecule has 2 aromatic heterocycles. The molecule has 1 amide bonds. The zero-order valence-corrected chi connectivity index (χ0v) is 13.9. The van der Waals surface area contributed by atoms with E-state index in [1.165, 1.54) is 0 Å². The summed E-state index contributed by atoms with van der Waals surface area (Å²) in [5.41, 5.74) is 3.55. The van der Waals surface area contributed by atoms with Crippen molar-refractivity contribution in [2.24, 2.45) is 0 Å². The van der Waals surface area contributed by atoms with Crippen molar-refractivity contribution in [3.05, 3.63) is 66.1 Å². The second-order valence-electron chi connectivity index (χ2n) is 5.76. The summed E-state index contributed by atoms with van der Waals surface area (Å²) < 4.78 is 1.78. The molecule has 0 fully saturated rings. The van der Waals surface area contributed by atoms with E-state index in [2.05, 4.69) is 15.4 Å². The lowest BCUT2D eigenvalue weighted by atomic mass is 10.2. The van der Waals surface area contributed by atoms with Crippen LogP contribution in [-0.2, 0) is 0 Å². The fourth-order valence-electron chi connectivity index (χ4n) is 2.23. The fraction of sp³-hybridized carbons (Fsp3) is 0.167. The molecule has 0 radical (unpaired) electrons. The molecular formula is C18H19N5O. The zero-order valence-electron chi connectivity index (χ0n) is 13.9. The number of rotatable bonds is 4. The predicted molar refractivity (Wildman–Crippen MR) is 94.8 cm³/mol. The molecule has 0 atom stereocenters. The summed E-state index contributed by atoms with van der Waals surface area (Å²) in [7, 11) is 3.88. The van der Waals surface area contributed by atoms with Crippen molar-refractivity contribution < 1.29 is 4.79 Å². The summed E-state index contributed by atoms with van der Waals surface area (Å²) in [6, 6.07) is 11.0. The molecule has 0 saturated heterocycles. The highest BCUT2D eigenvalue weighted by Crippen LogP contribution is 2.14. The number of carbonyl (C=O) groups is 1. The van der Waals surface area contributed by atoms with E-state index >= 15 is 0 Å². The van der Waals surface area contributed by atoms with E-state index in [9.17, 15) is 4.79 Å². The zero-order chi connectivity index (χ0) is 17.1. The van der Waals surface area contributed by atoms with E-state index in [0.717, 1.165) is 16.9 Å². The van der Waals surface area contributed by atoms with Gasteiger partial charge in [-0.25, -0.2) is 9.67 Å². The number of anilines is 2. The van der Waals surface area contributed by atoms with Gasteiger partial charge in [-0.3, -0.25) is 4.79 Å². The number of nitrogens with one attached hydrogen (secondary N) is 1. The molecule has 6 heteroatoms. The second-order valence-corrected chi connectivity index (χ2v) is 5.76. The number of benzene rings is 1. The standard InChI is InChI=1S/C18H19N5O/c1-13-10-20-23(12-13)15-6-4-14(5-7-15)18(24)21-17-9-8-16(11-19-17)22(2)3/h4-12H,1-3H3,(H,19,21,24). The summed E-state index contributed by atoms with van der Waals surface area (Å²) in [5, 5.41) is 7.05. The Bertz CT molecular complexity index is 835. The molecule has 2 heterocycles. The van der Waals surface area contributed by atoms with E-state index in [-0.39, 0.29) is 5.91 Å². The van der Waals surface area contributed by atoms with Gasteiger partial charge in [0.05, 0.1) is 23.8 Å². The molecule has 1 N–H and O–H groups in total. The van der Waals surface area contributed by atoms with Crippen LogP contribution >= 0.6 is 0 Å². The van der Waals surface area contributed by atoms with Crippen molar-refractivity contribution in [3.8, 4) is 5.69 Å². The molecule has 1 aromatic carbocycles. The topological polar surface area (TPSA) is 63.1 Å². The van der Waals surface area contributed by atoms with Gasteiger partial charge in [0, 0.05) is 25.9 Å². The minimum Gasteiger partial charge on any atom is -0.376 e. The Balaban J connectivity index is 1.71. The van der Waals surface area contributed by atoms with Crippen LogP contribution in [0.3, 0.4) is 0 Å². The third kappa shape index (κ3) is 3.43. The van der Waals surface area contributed by atoms with Crippen LogP contribution in [0.2, 0.25) is 0 Å². The van der Waals surface area contributed by atoms with Crippen molar-refractivity contribution in [1.82, 2.24) is 14.8 Å². The van der Waals surface area contributed by atoms with Gasteiger partial charge in [-0.1, -0.05) is 0 Å². The van der Waals surface area contributed by atoms with Gasteiger partial charge in [0.2, 0.25) is 0 Å². The number of nitrogens with zero attached hydrogens (tertiary/aromatic N) is 4. The van der Waals surface area contributed by atoms with Crippen molar-refractivity contribution in [3.63, 3.8) is 0 Å². The van der Waals surface area contributed by atoms with Crippen LogP contribution < -0.4 is 10.2 Å². The Morgan fingerprint density at radius 1 is 1.08 bits per heavy atom.